The minimum absolute atomic E-state index is 0.0975. The highest BCUT2D eigenvalue weighted by Crippen LogP contribution is 2.38. The number of fused-ring (bicyclic) bond motifs is 3. The Hall–Kier alpha value is -3.02. The zero-order valence-corrected chi connectivity index (χ0v) is 20.9. The molecule has 3 aromatic rings. The van der Waals surface area contributed by atoms with Crippen molar-refractivity contribution in [3.05, 3.63) is 94.5 Å². The van der Waals surface area contributed by atoms with E-state index in [-0.39, 0.29) is 17.9 Å². The molecule has 5 rings (SSSR count). The van der Waals surface area contributed by atoms with Crippen molar-refractivity contribution >= 4 is 23.2 Å². The maximum Gasteiger partial charge on any atom is 0.225 e. The molecule has 2 heterocycles. The van der Waals surface area contributed by atoms with E-state index < -0.39 is 0 Å². The number of carbonyl (C=O) groups excluding carboxylic acids is 1. The van der Waals surface area contributed by atoms with Crippen molar-refractivity contribution in [3.63, 3.8) is 0 Å². The molecule has 182 valence electrons. The van der Waals surface area contributed by atoms with Gasteiger partial charge in [0.15, 0.2) is 0 Å². The summed E-state index contributed by atoms with van der Waals surface area (Å²) in [5.41, 5.74) is 4.90. The number of hydrogen-bond donors (Lipinski definition) is 1. The zero-order valence-electron chi connectivity index (χ0n) is 20.1. The fourth-order valence-corrected chi connectivity index (χ4v) is 5.49. The van der Waals surface area contributed by atoms with Gasteiger partial charge in [-0.2, -0.15) is 0 Å². The van der Waals surface area contributed by atoms with Gasteiger partial charge < -0.3 is 15.0 Å². The molecule has 1 N–H and O–H groups in total. The molecule has 35 heavy (non-hydrogen) atoms. The van der Waals surface area contributed by atoms with E-state index >= 15 is 0 Å². The third-order valence-electron chi connectivity index (χ3n) is 7.22. The Kier molecular flexibility index (Phi) is 7.26. The number of carbonyl (C=O) groups is 1. The number of nitrogens with one attached hydrogen (secondary N) is 1. The van der Waals surface area contributed by atoms with E-state index in [1.807, 2.05) is 36.4 Å². The van der Waals surface area contributed by atoms with E-state index in [0.29, 0.717) is 6.54 Å². The zero-order chi connectivity index (χ0) is 24.2. The van der Waals surface area contributed by atoms with Gasteiger partial charge in [0.05, 0.1) is 19.1 Å². The Balaban J connectivity index is 1.33. The maximum absolute atomic E-state index is 13.5. The van der Waals surface area contributed by atoms with Crippen molar-refractivity contribution in [2.75, 3.05) is 38.2 Å². The molecule has 2 aliphatic rings. The van der Waals surface area contributed by atoms with Crippen LogP contribution in [0.5, 0.6) is 5.75 Å². The molecule has 0 saturated carbocycles. The van der Waals surface area contributed by atoms with Crippen LogP contribution >= 0.6 is 11.6 Å². The summed E-state index contributed by atoms with van der Waals surface area (Å²) < 4.78 is 5.51. The van der Waals surface area contributed by atoms with Gasteiger partial charge in [0.25, 0.3) is 0 Å². The van der Waals surface area contributed by atoms with Gasteiger partial charge in [0.1, 0.15) is 5.75 Å². The predicted octanol–water partition coefficient (Wildman–Crippen LogP) is 4.57. The van der Waals surface area contributed by atoms with Gasteiger partial charge in [0.2, 0.25) is 5.91 Å². The summed E-state index contributed by atoms with van der Waals surface area (Å²) in [4.78, 5) is 18.4. The molecule has 0 aliphatic carbocycles. The van der Waals surface area contributed by atoms with Gasteiger partial charge in [-0.15, -0.1) is 0 Å². The molecule has 0 bridgehead atoms. The average Bonchev–Trinajstić information content (AvgIpc) is 2.89. The Morgan fingerprint density at radius 1 is 1.03 bits per heavy atom. The van der Waals surface area contributed by atoms with Gasteiger partial charge in [-0.3, -0.25) is 9.69 Å². The largest absolute Gasteiger partial charge is 0.497 e. The van der Waals surface area contributed by atoms with Crippen molar-refractivity contribution in [1.29, 1.82) is 0 Å². The molecule has 0 radical (unpaired) electrons. The molecule has 1 amide bonds. The highest BCUT2D eigenvalue weighted by atomic mass is 35.5. The summed E-state index contributed by atoms with van der Waals surface area (Å²) >= 11 is 6.08. The number of benzene rings is 3. The fourth-order valence-electron chi connectivity index (χ4n) is 5.36. The lowest BCUT2D eigenvalue weighted by Crippen LogP contribution is -2.61. The van der Waals surface area contributed by atoms with E-state index in [1.165, 1.54) is 22.4 Å². The molecular formula is C29H32ClN3O2. The van der Waals surface area contributed by atoms with Crippen LogP contribution in [0.2, 0.25) is 5.02 Å². The molecular weight excluding hydrogens is 458 g/mol. The van der Waals surface area contributed by atoms with E-state index in [4.69, 9.17) is 16.3 Å². The summed E-state index contributed by atoms with van der Waals surface area (Å²) in [7, 11) is 1.70. The minimum Gasteiger partial charge on any atom is -0.497 e. The smallest absolute Gasteiger partial charge is 0.225 e. The molecule has 2 atom stereocenters. The first-order valence-electron chi connectivity index (χ1n) is 12.3. The SMILES string of the molecule is COc1ccc2c(c1)N1CCN(Cc3ccc(Cl)cc3)C[C@H]1[C@@H](C(=O)NCCc1ccccc1)C2. The topological polar surface area (TPSA) is 44.8 Å². The number of hydrogen-bond acceptors (Lipinski definition) is 4. The molecule has 0 unspecified atom stereocenters. The van der Waals surface area contributed by atoms with Crippen LogP contribution in [0.3, 0.4) is 0 Å². The predicted molar refractivity (Wildman–Crippen MR) is 141 cm³/mol. The molecule has 1 fully saturated rings. The number of rotatable bonds is 7. The Morgan fingerprint density at radius 2 is 1.83 bits per heavy atom. The molecule has 6 heteroatoms. The number of nitrogens with zero attached hydrogens (tertiary/aromatic N) is 2. The van der Waals surface area contributed by atoms with Crippen LogP contribution in [0.15, 0.2) is 72.8 Å². The van der Waals surface area contributed by atoms with Crippen LogP contribution in [-0.4, -0.2) is 50.1 Å². The van der Waals surface area contributed by atoms with E-state index in [9.17, 15) is 4.79 Å². The molecule has 3 aromatic carbocycles. The van der Waals surface area contributed by atoms with Gasteiger partial charge in [0, 0.05) is 49.5 Å². The first-order chi connectivity index (χ1) is 17.1. The minimum atomic E-state index is -0.0975. The molecule has 5 nitrogen and oxygen atoms in total. The van der Waals surface area contributed by atoms with Crippen molar-refractivity contribution in [2.45, 2.75) is 25.4 Å². The second-order valence-corrected chi connectivity index (χ2v) is 9.89. The summed E-state index contributed by atoms with van der Waals surface area (Å²) in [6, 6.07) is 24.7. The third-order valence-corrected chi connectivity index (χ3v) is 7.47. The summed E-state index contributed by atoms with van der Waals surface area (Å²) in [6.07, 6.45) is 1.58. The van der Waals surface area contributed by atoms with Gasteiger partial charge in [-0.1, -0.05) is 60.1 Å². The fraction of sp³-hybridized carbons (Fsp3) is 0.345. The van der Waals surface area contributed by atoms with Crippen molar-refractivity contribution < 1.29 is 9.53 Å². The maximum atomic E-state index is 13.5. The summed E-state index contributed by atoms with van der Waals surface area (Å²) in [5, 5.41) is 3.99. The second-order valence-electron chi connectivity index (χ2n) is 9.45. The van der Waals surface area contributed by atoms with Crippen LogP contribution in [0.4, 0.5) is 5.69 Å². The number of amides is 1. The molecule has 1 saturated heterocycles. The second kappa shape index (κ2) is 10.7. The number of piperazine rings is 1. The molecule has 0 spiro atoms. The van der Waals surface area contributed by atoms with E-state index in [0.717, 1.165) is 49.8 Å². The van der Waals surface area contributed by atoms with E-state index in [2.05, 4.69) is 51.5 Å². The van der Waals surface area contributed by atoms with Crippen molar-refractivity contribution in [2.24, 2.45) is 5.92 Å². The highest BCUT2D eigenvalue weighted by Gasteiger charge is 2.41. The van der Waals surface area contributed by atoms with Crippen LogP contribution in [0.25, 0.3) is 0 Å². The van der Waals surface area contributed by atoms with Crippen molar-refractivity contribution in [3.8, 4) is 5.75 Å². The Labute approximate surface area is 212 Å². The highest BCUT2D eigenvalue weighted by molar-refractivity contribution is 6.30. The lowest BCUT2D eigenvalue weighted by molar-refractivity contribution is -0.126. The van der Waals surface area contributed by atoms with Crippen molar-refractivity contribution in [1.82, 2.24) is 10.2 Å². The molecule has 0 aromatic heterocycles. The van der Waals surface area contributed by atoms with Crippen LogP contribution < -0.4 is 15.0 Å². The number of ether oxygens (including phenoxy) is 1. The van der Waals surface area contributed by atoms with Crippen LogP contribution in [-0.2, 0) is 24.2 Å². The third kappa shape index (κ3) is 5.47. The van der Waals surface area contributed by atoms with Gasteiger partial charge in [-0.05, 0) is 47.7 Å². The normalized spacial score (nSPS) is 19.5. The molecule has 2 aliphatic heterocycles. The number of methoxy groups -OCH3 is 1. The first kappa shape index (κ1) is 23.7. The Bertz CT molecular complexity index is 1150. The standard InChI is InChI=1S/C29H32ClN3O2/c1-35-25-12-9-23-17-26(29(34)31-14-13-21-5-3-2-4-6-21)28-20-32(15-16-33(28)27(23)18-25)19-22-7-10-24(30)11-8-22/h2-12,18,26,28H,13-17,19-20H2,1H3,(H,31,34)/t26-,28-/m0/s1. The summed E-state index contributed by atoms with van der Waals surface area (Å²) in [6.45, 7) is 4.17. The van der Waals surface area contributed by atoms with E-state index in [1.54, 1.807) is 7.11 Å². The van der Waals surface area contributed by atoms with Gasteiger partial charge in [-0.25, -0.2) is 0 Å². The summed E-state index contributed by atoms with van der Waals surface area (Å²) in [5.74, 6) is 0.905. The monoisotopic (exact) mass is 489 g/mol. The quantitative estimate of drug-likeness (QED) is 0.528. The number of anilines is 1. The first-order valence-corrected chi connectivity index (χ1v) is 12.7. The lowest BCUT2D eigenvalue weighted by atomic mass is 9.83. The lowest BCUT2D eigenvalue weighted by Gasteiger charge is -2.49. The van der Waals surface area contributed by atoms with Crippen LogP contribution in [0.1, 0.15) is 16.7 Å². The van der Waals surface area contributed by atoms with Gasteiger partial charge >= 0.3 is 0 Å². The number of halogens is 1. The average molecular weight is 490 g/mol. The van der Waals surface area contributed by atoms with Crippen LogP contribution in [0, 0.1) is 5.92 Å². The Morgan fingerprint density at radius 3 is 2.60 bits per heavy atom.